The number of ether oxygens (including phenoxy) is 1. The lowest BCUT2D eigenvalue weighted by molar-refractivity contribution is -0.138. The number of aryl methyl sites for hydroxylation is 1. The predicted octanol–water partition coefficient (Wildman–Crippen LogP) is 5.58. The lowest BCUT2D eigenvalue weighted by Crippen LogP contribution is -2.38. The molecule has 2 aliphatic rings. The van der Waals surface area contributed by atoms with Gasteiger partial charge in [-0.25, -0.2) is 4.79 Å². The maximum Gasteiger partial charge on any atom is 0.336 e. The molecular weight excluding hydrogens is 472 g/mol. The Kier molecular flexibility index (Phi) is 5.88. The normalized spacial score (nSPS) is 20.2. The minimum Gasteiger partial charge on any atom is -0.463 e. The van der Waals surface area contributed by atoms with E-state index in [2.05, 4.69) is 40.3 Å². The maximum absolute atomic E-state index is 13.5. The molecule has 32 heavy (non-hydrogen) atoms. The van der Waals surface area contributed by atoms with Crippen molar-refractivity contribution >= 4 is 27.7 Å². The number of Topliss-reactive ketones (excluding diaryl/α,β-unsaturated/α-hetero) is 1. The Morgan fingerprint density at radius 3 is 2.59 bits per heavy atom. The van der Waals surface area contributed by atoms with Crippen LogP contribution < -0.4 is 5.32 Å². The van der Waals surface area contributed by atoms with Crippen LogP contribution in [-0.2, 0) is 14.3 Å². The minimum atomic E-state index is -0.598. The van der Waals surface area contributed by atoms with E-state index in [1.807, 2.05) is 38.1 Å². The Hall–Kier alpha value is -2.67. The zero-order valence-electron chi connectivity index (χ0n) is 19.0. The third kappa shape index (κ3) is 3.94. The van der Waals surface area contributed by atoms with Crippen LogP contribution in [0, 0.1) is 12.3 Å². The van der Waals surface area contributed by atoms with Gasteiger partial charge in [-0.2, -0.15) is 0 Å². The lowest BCUT2D eigenvalue weighted by atomic mass is 9.68. The van der Waals surface area contributed by atoms with Gasteiger partial charge in [0.15, 0.2) is 5.78 Å². The number of rotatable bonds is 4. The highest BCUT2D eigenvalue weighted by atomic mass is 79.9. The molecule has 2 aromatic rings. The summed E-state index contributed by atoms with van der Waals surface area (Å²) in [5.74, 6) is -0.424. The Morgan fingerprint density at radius 2 is 1.94 bits per heavy atom. The summed E-state index contributed by atoms with van der Waals surface area (Å²) in [6.45, 7) is 9.87. The van der Waals surface area contributed by atoms with Crippen molar-refractivity contribution in [2.24, 2.45) is 5.41 Å². The zero-order chi connectivity index (χ0) is 23.2. The molecule has 6 nitrogen and oxygen atoms in total. The number of nitrogens with one attached hydrogen (secondary N) is 1. The smallest absolute Gasteiger partial charge is 0.336 e. The second-order valence-corrected chi connectivity index (χ2v) is 10.1. The Balaban J connectivity index is 1.96. The van der Waals surface area contributed by atoms with Crippen molar-refractivity contribution in [3.8, 4) is 11.3 Å². The van der Waals surface area contributed by atoms with E-state index < -0.39 is 11.9 Å². The van der Waals surface area contributed by atoms with E-state index in [0.29, 0.717) is 34.7 Å². The molecule has 7 heteroatoms. The number of dihydropyridines is 1. The molecule has 0 radical (unpaired) electrons. The van der Waals surface area contributed by atoms with Crippen molar-refractivity contribution in [1.29, 1.82) is 0 Å². The summed E-state index contributed by atoms with van der Waals surface area (Å²) in [7, 11) is 0. The fourth-order valence-corrected chi connectivity index (χ4v) is 5.00. The van der Waals surface area contributed by atoms with Crippen molar-refractivity contribution in [2.45, 2.75) is 53.4 Å². The van der Waals surface area contributed by atoms with Crippen LogP contribution in [0.15, 0.2) is 55.8 Å². The second-order valence-electron chi connectivity index (χ2n) is 9.16. The SMILES string of the molecule is CCOC(=O)C1=C(C)NC2=C(C(=O)CC(C)(C)C2)[C@@H]1c1c(-c2ccc(Br)cc2)noc1C. The lowest BCUT2D eigenvalue weighted by Gasteiger charge is -2.39. The van der Waals surface area contributed by atoms with E-state index in [4.69, 9.17) is 9.26 Å². The zero-order valence-corrected chi connectivity index (χ0v) is 20.6. The molecule has 1 aliphatic carbocycles. The predicted molar refractivity (Wildman–Crippen MR) is 125 cm³/mol. The van der Waals surface area contributed by atoms with Crippen LogP contribution >= 0.6 is 15.9 Å². The number of allylic oxidation sites excluding steroid dienone is 3. The average Bonchev–Trinajstić information content (AvgIpc) is 3.07. The largest absolute Gasteiger partial charge is 0.463 e. The monoisotopic (exact) mass is 498 g/mol. The highest BCUT2D eigenvalue weighted by Gasteiger charge is 2.45. The molecule has 1 atom stereocenters. The number of nitrogens with zero attached hydrogens (tertiary/aromatic N) is 1. The van der Waals surface area contributed by atoms with Gasteiger partial charge in [-0.15, -0.1) is 0 Å². The molecule has 0 fully saturated rings. The number of esters is 1. The highest BCUT2D eigenvalue weighted by molar-refractivity contribution is 9.10. The van der Waals surface area contributed by atoms with E-state index in [1.54, 1.807) is 6.92 Å². The molecule has 1 aromatic heterocycles. The van der Waals surface area contributed by atoms with E-state index in [9.17, 15) is 9.59 Å². The van der Waals surface area contributed by atoms with Gasteiger partial charge in [0, 0.05) is 39.0 Å². The van der Waals surface area contributed by atoms with Crippen molar-refractivity contribution < 1.29 is 18.8 Å². The van der Waals surface area contributed by atoms with Crippen LogP contribution in [0.4, 0.5) is 0 Å². The van der Waals surface area contributed by atoms with Crippen LogP contribution in [0.2, 0.25) is 0 Å². The number of carbonyl (C=O) groups excluding carboxylic acids is 2. The summed E-state index contributed by atoms with van der Waals surface area (Å²) in [5.41, 5.74) is 4.66. The molecular formula is C25H27BrN2O4. The molecule has 0 spiro atoms. The molecule has 1 N–H and O–H groups in total. The molecule has 0 saturated heterocycles. The van der Waals surface area contributed by atoms with Crippen molar-refractivity contribution in [1.82, 2.24) is 10.5 Å². The van der Waals surface area contributed by atoms with E-state index >= 15 is 0 Å². The first-order chi connectivity index (χ1) is 15.1. The summed E-state index contributed by atoms with van der Waals surface area (Å²) >= 11 is 3.46. The number of benzene rings is 1. The first-order valence-electron chi connectivity index (χ1n) is 10.8. The molecule has 0 saturated carbocycles. The van der Waals surface area contributed by atoms with Gasteiger partial charge in [0.25, 0.3) is 0 Å². The average molecular weight is 499 g/mol. The molecule has 0 bridgehead atoms. The summed E-state index contributed by atoms with van der Waals surface area (Å²) < 4.78 is 12.0. The van der Waals surface area contributed by atoms with Gasteiger partial charge < -0.3 is 14.6 Å². The fraction of sp³-hybridized carbons (Fsp3) is 0.400. The maximum atomic E-state index is 13.5. The Morgan fingerprint density at radius 1 is 1.25 bits per heavy atom. The van der Waals surface area contributed by atoms with Gasteiger partial charge in [0.2, 0.25) is 0 Å². The molecule has 4 rings (SSSR count). The topological polar surface area (TPSA) is 81.4 Å². The van der Waals surface area contributed by atoms with Gasteiger partial charge in [-0.05, 0) is 44.7 Å². The number of hydrogen-bond acceptors (Lipinski definition) is 6. The van der Waals surface area contributed by atoms with Crippen molar-refractivity contribution in [3.63, 3.8) is 0 Å². The molecule has 1 aliphatic heterocycles. The highest BCUT2D eigenvalue weighted by Crippen LogP contribution is 2.49. The summed E-state index contributed by atoms with van der Waals surface area (Å²) in [5, 5.41) is 7.68. The van der Waals surface area contributed by atoms with Crippen LogP contribution in [0.1, 0.15) is 57.8 Å². The van der Waals surface area contributed by atoms with Crippen LogP contribution in [0.3, 0.4) is 0 Å². The summed E-state index contributed by atoms with van der Waals surface area (Å²) in [6, 6.07) is 7.73. The first-order valence-corrected chi connectivity index (χ1v) is 11.6. The molecule has 0 unspecified atom stereocenters. The van der Waals surface area contributed by atoms with Gasteiger partial charge in [0.1, 0.15) is 11.5 Å². The van der Waals surface area contributed by atoms with Crippen LogP contribution in [0.25, 0.3) is 11.3 Å². The number of ketones is 1. The third-order valence-electron chi connectivity index (χ3n) is 6.05. The molecule has 1 aromatic carbocycles. The van der Waals surface area contributed by atoms with Crippen LogP contribution in [-0.4, -0.2) is 23.5 Å². The second kappa shape index (κ2) is 8.35. The van der Waals surface area contributed by atoms with E-state index in [-0.39, 0.29) is 17.8 Å². The first kappa shape index (κ1) is 22.5. The quantitative estimate of drug-likeness (QED) is 0.554. The Labute approximate surface area is 196 Å². The van der Waals surface area contributed by atoms with Crippen LogP contribution in [0.5, 0.6) is 0 Å². The number of halogens is 1. The van der Waals surface area contributed by atoms with Gasteiger partial charge >= 0.3 is 5.97 Å². The van der Waals surface area contributed by atoms with Gasteiger partial charge in [-0.1, -0.05) is 47.1 Å². The number of aromatic nitrogens is 1. The van der Waals surface area contributed by atoms with E-state index in [1.165, 1.54) is 0 Å². The van der Waals surface area contributed by atoms with Gasteiger partial charge in [0.05, 0.1) is 18.1 Å². The Bertz CT molecular complexity index is 1160. The standard InChI is InChI=1S/C25H27BrN2O4/c1-6-31-24(30)19-13(2)27-17-11-25(4,5)12-18(29)21(17)22(19)20-14(3)32-28-23(20)15-7-9-16(26)10-8-15/h7-10,22,27H,6,11-12H2,1-5H3/t22-/m0/s1. The number of hydrogen-bond donors (Lipinski definition) is 1. The van der Waals surface area contributed by atoms with Crippen molar-refractivity contribution in [3.05, 3.63) is 62.6 Å². The fourth-order valence-electron chi connectivity index (χ4n) is 4.74. The van der Waals surface area contributed by atoms with Gasteiger partial charge in [-0.3, -0.25) is 4.79 Å². The van der Waals surface area contributed by atoms with Crippen molar-refractivity contribution in [2.75, 3.05) is 6.61 Å². The third-order valence-corrected chi connectivity index (χ3v) is 6.58. The summed E-state index contributed by atoms with van der Waals surface area (Å²) in [6.07, 6.45) is 1.13. The molecule has 168 valence electrons. The minimum absolute atomic E-state index is 0.0328. The summed E-state index contributed by atoms with van der Waals surface area (Å²) in [4.78, 5) is 26.6. The molecule has 2 heterocycles. The number of carbonyl (C=O) groups is 2. The van der Waals surface area contributed by atoms with E-state index in [0.717, 1.165) is 27.7 Å². The molecule has 0 amide bonds.